The molecule has 3 heteroatoms. The zero-order valence-corrected chi connectivity index (χ0v) is 8.79. The monoisotopic (exact) mass is 189 g/mol. The van der Waals surface area contributed by atoms with Gasteiger partial charge in [-0.1, -0.05) is 26.7 Å². The van der Waals surface area contributed by atoms with Gasteiger partial charge in [0.1, 0.15) is 12.5 Å². The van der Waals surface area contributed by atoms with Gasteiger partial charge in [-0.2, -0.15) is 0 Å². The van der Waals surface area contributed by atoms with Crippen molar-refractivity contribution in [2.75, 3.05) is 0 Å². The predicted octanol–water partition coefficient (Wildman–Crippen LogP) is 1.59. The molecule has 0 saturated carbocycles. The van der Waals surface area contributed by atoms with E-state index in [1.54, 1.807) is 0 Å². The molecule has 0 heterocycles. The second-order valence-corrected chi connectivity index (χ2v) is 3.48. The smallest absolute Gasteiger partial charge is 0.106 e. The summed E-state index contributed by atoms with van der Waals surface area (Å²) >= 11 is 0. The van der Waals surface area contributed by atoms with Gasteiger partial charge in [-0.05, 0) is 25.7 Å². The number of nitrogens with one attached hydrogen (secondary N) is 1. The van der Waals surface area contributed by atoms with Gasteiger partial charge in [-0.15, -0.1) is 0 Å². The van der Waals surface area contributed by atoms with E-state index in [2.05, 4.69) is 19.2 Å². The molecule has 0 radical (unpaired) electrons. The van der Waals surface area contributed by atoms with Crippen LogP contribution in [0, 0.1) is 0 Å². The summed E-state index contributed by atoms with van der Waals surface area (Å²) in [6, 6.07) is 0. The average molecular weight is 189 g/mol. The molecule has 0 fully saturated rings. The fourth-order valence-corrected chi connectivity index (χ4v) is 1.18. The van der Waals surface area contributed by atoms with E-state index in [9.17, 15) is 10.2 Å². The molecular formula is C10H23NO2. The minimum Gasteiger partial charge on any atom is -0.379 e. The van der Waals surface area contributed by atoms with Crippen LogP contribution in [0.1, 0.15) is 52.4 Å². The first-order chi connectivity index (χ1) is 6.20. The van der Waals surface area contributed by atoms with E-state index in [0.29, 0.717) is 0 Å². The lowest BCUT2D eigenvalue weighted by Gasteiger charge is -2.17. The van der Waals surface area contributed by atoms with E-state index < -0.39 is 12.5 Å². The number of hydrogen-bond donors (Lipinski definition) is 3. The Bertz CT molecular complexity index is 97.1. The van der Waals surface area contributed by atoms with Gasteiger partial charge in [-0.25, -0.2) is 0 Å². The van der Waals surface area contributed by atoms with E-state index in [0.717, 1.165) is 38.5 Å². The summed E-state index contributed by atoms with van der Waals surface area (Å²) in [7, 11) is 0. The largest absolute Gasteiger partial charge is 0.379 e. The predicted molar refractivity (Wildman–Crippen MR) is 54.2 cm³/mol. The Balaban J connectivity index is 3.35. The molecule has 0 aliphatic heterocycles. The Morgan fingerprint density at radius 2 is 1.31 bits per heavy atom. The first-order valence-corrected chi connectivity index (χ1v) is 5.32. The van der Waals surface area contributed by atoms with Gasteiger partial charge >= 0.3 is 0 Å². The lowest BCUT2D eigenvalue weighted by atomic mass is 10.2. The van der Waals surface area contributed by atoms with Gasteiger partial charge in [-0.3, -0.25) is 5.32 Å². The molecule has 0 bridgehead atoms. The summed E-state index contributed by atoms with van der Waals surface area (Å²) in [6.45, 7) is 4.17. The third-order valence-corrected chi connectivity index (χ3v) is 2.05. The van der Waals surface area contributed by atoms with Crippen molar-refractivity contribution >= 4 is 0 Å². The van der Waals surface area contributed by atoms with E-state index in [1.807, 2.05) is 0 Å². The maximum atomic E-state index is 9.38. The average Bonchev–Trinajstić information content (AvgIpc) is 2.11. The SMILES string of the molecule is CCCCC(O)NC(O)CCCC. The van der Waals surface area contributed by atoms with Crippen molar-refractivity contribution in [1.82, 2.24) is 5.32 Å². The molecule has 13 heavy (non-hydrogen) atoms. The van der Waals surface area contributed by atoms with Crippen molar-refractivity contribution in [3.8, 4) is 0 Å². The Labute approximate surface area is 81.2 Å². The molecular weight excluding hydrogens is 166 g/mol. The summed E-state index contributed by atoms with van der Waals surface area (Å²) in [5.74, 6) is 0. The van der Waals surface area contributed by atoms with E-state index in [1.165, 1.54) is 0 Å². The lowest BCUT2D eigenvalue weighted by Crippen LogP contribution is -2.38. The lowest BCUT2D eigenvalue weighted by molar-refractivity contribution is 0.0315. The highest BCUT2D eigenvalue weighted by atomic mass is 16.3. The van der Waals surface area contributed by atoms with Gasteiger partial charge in [0.15, 0.2) is 0 Å². The zero-order valence-electron chi connectivity index (χ0n) is 8.79. The summed E-state index contributed by atoms with van der Waals surface area (Å²) in [6.07, 6.45) is 4.48. The second-order valence-electron chi connectivity index (χ2n) is 3.48. The first-order valence-electron chi connectivity index (χ1n) is 5.32. The molecule has 3 nitrogen and oxygen atoms in total. The standard InChI is InChI=1S/C10H23NO2/c1-3-5-7-9(12)11-10(13)8-6-4-2/h9-13H,3-8H2,1-2H3. The summed E-state index contributed by atoms with van der Waals surface area (Å²) in [5, 5.41) is 21.5. The van der Waals surface area contributed by atoms with Crippen LogP contribution >= 0.6 is 0 Å². The molecule has 0 amide bonds. The molecule has 0 aliphatic carbocycles. The molecule has 2 unspecified atom stereocenters. The first kappa shape index (κ1) is 12.9. The van der Waals surface area contributed by atoms with Crippen molar-refractivity contribution < 1.29 is 10.2 Å². The summed E-state index contributed by atoms with van der Waals surface area (Å²) in [4.78, 5) is 0. The third kappa shape index (κ3) is 8.22. The molecule has 0 saturated heterocycles. The number of unbranched alkanes of at least 4 members (excludes halogenated alkanes) is 2. The van der Waals surface area contributed by atoms with Gasteiger partial charge in [0.25, 0.3) is 0 Å². The fraction of sp³-hybridized carbons (Fsp3) is 1.00. The van der Waals surface area contributed by atoms with Crippen molar-refractivity contribution in [2.24, 2.45) is 0 Å². The van der Waals surface area contributed by atoms with Crippen LogP contribution in [0.4, 0.5) is 0 Å². The minimum absolute atomic E-state index is 0.549. The molecule has 3 N–H and O–H groups in total. The van der Waals surface area contributed by atoms with Gasteiger partial charge < -0.3 is 10.2 Å². The quantitative estimate of drug-likeness (QED) is 0.508. The molecule has 2 atom stereocenters. The fourth-order valence-electron chi connectivity index (χ4n) is 1.18. The Morgan fingerprint density at radius 1 is 0.923 bits per heavy atom. The maximum Gasteiger partial charge on any atom is 0.106 e. The normalized spacial score (nSPS) is 15.7. The topological polar surface area (TPSA) is 52.5 Å². The number of rotatable bonds is 8. The maximum absolute atomic E-state index is 9.38. The molecule has 0 aliphatic rings. The molecule has 0 spiro atoms. The highest BCUT2D eigenvalue weighted by Gasteiger charge is 2.08. The van der Waals surface area contributed by atoms with E-state index >= 15 is 0 Å². The van der Waals surface area contributed by atoms with Gasteiger partial charge in [0.05, 0.1) is 0 Å². The number of aliphatic hydroxyl groups excluding tert-OH is 2. The number of aliphatic hydroxyl groups is 2. The minimum atomic E-state index is -0.549. The Kier molecular flexibility index (Phi) is 8.40. The van der Waals surface area contributed by atoms with Crippen LogP contribution in [0.5, 0.6) is 0 Å². The Morgan fingerprint density at radius 3 is 1.62 bits per heavy atom. The van der Waals surface area contributed by atoms with Crippen molar-refractivity contribution in [2.45, 2.75) is 64.8 Å². The van der Waals surface area contributed by atoms with Gasteiger partial charge in [0.2, 0.25) is 0 Å². The van der Waals surface area contributed by atoms with Crippen LogP contribution in [0.2, 0.25) is 0 Å². The molecule has 0 aromatic rings. The van der Waals surface area contributed by atoms with Crippen LogP contribution in [-0.4, -0.2) is 22.7 Å². The van der Waals surface area contributed by atoms with E-state index in [-0.39, 0.29) is 0 Å². The van der Waals surface area contributed by atoms with E-state index in [4.69, 9.17) is 0 Å². The van der Waals surface area contributed by atoms with Crippen LogP contribution in [0.25, 0.3) is 0 Å². The summed E-state index contributed by atoms with van der Waals surface area (Å²) < 4.78 is 0. The Hall–Kier alpha value is -0.120. The summed E-state index contributed by atoms with van der Waals surface area (Å²) in [5.41, 5.74) is 0. The van der Waals surface area contributed by atoms with Crippen LogP contribution in [0.15, 0.2) is 0 Å². The second kappa shape index (κ2) is 8.48. The zero-order chi connectivity index (χ0) is 10.1. The van der Waals surface area contributed by atoms with Crippen molar-refractivity contribution in [3.63, 3.8) is 0 Å². The van der Waals surface area contributed by atoms with Gasteiger partial charge in [0, 0.05) is 0 Å². The highest BCUT2D eigenvalue weighted by molar-refractivity contribution is 4.57. The highest BCUT2D eigenvalue weighted by Crippen LogP contribution is 2.02. The third-order valence-electron chi connectivity index (χ3n) is 2.05. The van der Waals surface area contributed by atoms with Crippen molar-refractivity contribution in [3.05, 3.63) is 0 Å². The molecule has 0 aromatic heterocycles. The van der Waals surface area contributed by atoms with Crippen molar-refractivity contribution in [1.29, 1.82) is 0 Å². The van der Waals surface area contributed by atoms with Crippen LogP contribution in [-0.2, 0) is 0 Å². The molecule has 0 rings (SSSR count). The van der Waals surface area contributed by atoms with Crippen LogP contribution in [0.3, 0.4) is 0 Å². The molecule has 80 valence electrons. The number of hydrogen-bond acceptors (Lipinski definition) is 3. The molecule has 0 aromatic carbocycles. The van der Waals surface area contributed by atoms with Crippen LogP contribution < -0.4 is 5.32 Å².